The molecule has 0 aliphatic carbocycles. The zero-order valence-electron chi connectivity index (χ0n) is 17.5. The van der Waals surface area contributed by atoms with Crippen LogP contribution in [0.2, 0.25) is 0 Å². The van der Waals surface area contributed by atoms with Crippen LogP contribution in [0.1, 0.15) is 31.6 Å². The largest absolute Gasteiger partial charge is 0.486 e. The Labute approximate surface area is 196 Å². The van der Waals surface area contributed by atoms with Crippen molar-refractivity contribution < 1.29 is 23.4 Å². The number of rotatable bonds is 7. The highest BCUT2D eigenvalue weighted by atomic mass is 32.1. The van der Waals surface area contributed by atoms with Gasteiger partial charge in [-0.05, 0) is 48.9 Å². The SMILES string of the molecule is Cc1nc(NC(=O)c2csc(COc3ccc(F)cc3)n2)sc1Cc1ccc2c(c1)OCO2. The van der Waals surface area contributed by atoms with Gasteiger partial charge in [0.25, 0.3) is 5.91 Å². The highest BCUT2D eigenvalue weighted by Crippen LogP contribution is 2.34. The van der Waals surface area contributed by atoms with E-state index in [1.54, 1.807) is 17.5 Å². The first kappa shape index (κ1) is 21.4. The Kier molecular flexibility index (Phi) is 5.93. The van der Waals surface area contributed by atoms with Crippen molar-refractivity contribution in [1.29, 1.82) is 0 Å². The quantitative estimate of drug-likeness (QED) is 0.389. The van der Waals surface area contributed by atoms with E-state index in [0.717, 1.165) is 27.6 Å². The molecule has 10 heteroatoms. The second-order valence-electron chi connectivity index (χ2n) is 7.22. The van der Waals surface area contributed by atoms with Crippen molar-refractivity contribution in [3.8, 4) is 17.2 Å². The first-order valence-corrected chi connectivity index (χ1v) is 11.7. The fraction of sp³-hybridized carbons (Fsp3) is 0.174. The molecule has 33 heavy (non-hydrogen) atoms. The third-order valence-electron chi connectivity index (χ3n) is 4.88. The summed E-state index contributed by atoms with van der Waals surface area (Å²) in [7, 11) is 0. The van der Waals surface area contributed by atoms with Crippen molar-refractivity contribution in [3.63, 3.8) is 0 Å². The third kappa shape index (κ3) is 4.96. The van der Waals surface area contributed by atoms with Crippen LogP contribution in [-0.4, -0.2) is 22.7 Å². The summed E-state index contributed by atoms with van der Waals surface area (Å²) in [5.41, 5.74) is 2.23. The van der Waals surface area contributed by atoms with Crippen LogP contribution in [0.15, 0.2) is 47.8 Å². The number of hydrogen-bond donors (Lipinski definition) is 1. The van der Waals surface area contributed by atoms with Crippen molar-refractivity contribution in [1.82, 2.24) is 9.97 Å². The number of carbonyl (C=O) groups is 1. The molecule has 3 heterocycles. The van der Waals surface area contributed by atoms with Gasteiger partial charge in [0.1, 0.15) is 28.9 Å². The van der Waals surface area contributed by atoms with Gasteiger partial charge in [-0.1, -0.05) is 6.07 Å². The zero-order chi connectivity index (χ0) is 22.8. The van der Waals surface area contributed by atoms with Crippen molar-refractivity contribution in [2.75, 3.05) is 12.1 Å². The standard InChI is InChI=1S/C23H18FN3O4S2/c1-13-20(9-14-2-7-18-19(8-14)31-12-30-18)33-23(25-13)27-22(28)17-11-32-21(26-17)10-29-16-5-3-15(24)4-6-16/h2-8,11H,9-10,12H2,1H3,(H,25,27,28). The minimum Gasteiger partial charge on any atom is -0.486 e. The number of benzene rings is 2. The molecule has 2 aromatic carbocycles. The first-order chi connectivity index (χ1) is 16.0. The lowest BCUT2D eigenvalue weighted by atomic mass is 10.1. The maximum atomic E-state index is 13.0. The fourth-order valence-corrected chi connectivity index (χ4v) is 4.88. The summed E-state index contributed by atoms with van der Waals surface area (Å²) in [6, 6.07) is 11.6. The van der Waals surface area contributed by atoms with Crippen LogP contribution in [0.25, 0.3) is 0 Å². The van der Waals surface area contributed by atoms with Gasteiger partial charge in [-0.15, -0.1) is 22.7 Å². The zero-order valence-corrected chi connectivity index (χ0v) is 19.1. The van der Waals surface area contributed by atoms with E-state index in [0.29, 0.717) is 28.0 Å². The Morgan fingerprint density at radius 1 is 1.15 bits per heavy atom. The number of fused-ring (bicyclic) bond motifs is 1. The van der Waals surface area contributed by atoms with E-state index in [4.69, 9.17) is 14.2 Å². The van der Waals surface area contributed by atoms with E-state index in [1.807, 2.05) is 25.1 Å². The fourth-order valence-electron chi connectivity index (χ4n) is 3.20. The number of nitrogens with zero attached hydrogens (tertiary/aromatic N) is 2. The Bertz CT molecular complexity index is 1300. The summed E-state index contributed by atoms with van der Waals surface area (Å²) >= 11 is 2.75. The molecule has 0 atom stereocenters. The Morgan fingerprint density at radius 3 is 2.82 bits per heavy atom. The van der Waals surface area contributed by atoms with Gasteiger partial charge in [0.2, 0.25) is 6.79 Å². The Morgan fingerprint density at radius 2 is 1.97 bits per heavy atom. The Hall–Kier alpha value is -3.50. The molecule has 7 nitrogen and oxygen atoms in total. The number of aryl methyl sites for hydroxylation is 1. The average molecular weight is 484 g/mol. The van der Waals surface area contributed by atoms with Crippen molar-refractivity contribution in [3.05, 3.63) is 80.5 Å². The summed E-state index contributed by atoms with van der Waals surface area (Å²) in [4.78, 5) is 22.5. The molecule has 0 unspecified atom stereocenters. The molecule has 1 N–H and O–H groups in total. The van der Waals surface area contributed by atoms with Gasteiger partial charge in [0.05, 0.1) is 5.69 Å². The van der Waals surface area contributed by atoms with Crippen molar-refractivity contribution >= 4 is 33.7 Å². The lowest BCUT2D eigenvalue weighted by Gasteiger charge is -2.03. The summed E-state index contributed by atoms with van der Waals surface area (Å²) in [6.45, 7) is 2.35. The van der Waals surface area contributed by atoms with Crippen LogP contribution in [-0.2, 0) is 13.0 Å². The van der Waals surface area contributed by atoms with Gasteiger partial charge in [0, 0.05) is 16.7 Å². The monoisotopic (exact) mass is 483 g/mol. The molecule has 0 saturated heterocycles. The summed E-state index contributed by atoms with van der Waals surface area (Å²) in [5, 5.41) is 5.66. The first-order valence-electron chi connectivity index (χ1n) is 10.0. The van der Waals surface area contributed by atoms with Gasteiger partial charge in [-0.25, -0.2) is 14.4 Å². The minimum atomic E-state index is -0.331. The highest BCUT2D eigenvalue weighted by molar-refractivity contribution is 7.16. The molecule has 1 aliphatic heterocycles. The third-order valence-corrected chi connectivity index (χ3v) is 6.77. The number of halogens is 1. The normalized spacial score (nSPS) is 12.1. The summed E-state index contributed by atoms with van der Waals surface area (Å²) in [6.07, 6.45) is 0.678. The number of hydrogen-bond acceptors (Lipinski definition) is 8. The molecule has 0 fully saturated rings. The number of nitrogens with one attached hydrogen (secondary N) is 1. The topological polar surface area (TPSA) is 82.6 Å². The van der Waals surface area contributed by atoms with Crippen molar-refractivity contribution in [2.24, 2.45) is 0 Å². The maximum Gasteiger partial charge on any atom is 0.276 e. The second kappa shape index (κ2) is 9.16. The molecule has 5 rings (SSSR count). The van der Waals surface area contributed by atoms with Gasteiger partial charge >= 0.3 is 0 Å². The van der Waals surface area contributed by atoms with Gasteiger partial charge in [-0.3, -0.25) is 10.1 Å². The smallest absolute Gasteiger partial charge is 0.276 e. The number of aromatic nitrogens is 2. The van der Waals surface area contributed by atoms with E-state index < -0.39 is 0 Å². The number of amides is 1. The maximum absolute atomic E-state index is 13.0. The molecule has 2 aromatic heterocycles. The molecule has 0 radical (unpaired) electrons. The Balaban J connectivity index is 1.20. The molecule has 1 aliphatic rings. The van der Waals surface area contributed by atoms with Crippen LogP contribution in [0.4, 0.5) is 9.52 Å². The van der Waals surface area contributed by atoms with Crippen LogP contribution >= 0.6 is 22.7 Å². The average Bonchev–Trinajstić information content (AvgIpc) is 3.54. The molecular formula is C23H18FN3O4S2. The van der Waals surface area contributed by atoms with Crippen LogP contribution < -0.4 is 19.5 Å². The van der Waals surface area contributed by atoms with E-state index >= 15 is 0 Å². The summed E-state index contributed by atoms with van der Waals surface area (Å²) in [5.74, 6) is 1.37. The highest BCUT2D eigenvalue weighted by Gasteiger charge is 2.17. The molecule has 0 saturated carbocycles. The molecule has 168 valence electrons. The number of ether oxygens (including phenoxy) is 3. The summed E-state index contributed by atoms with van der Waals surface area (Å²) < 4.78 is 29.4. The number of carbonyl (C=O) groups excluding carboxylic acids is 1. The number of anilines is 1. The van der Waals surface area contributed by atoms with Gasteiger partial charge < -0.3 is 14.2 Å². The number of thiazole rings is 2. The van der Waals surface area contributed by atoms with Gasteiger partial charge in [0.15, 0.2) is 16.6 Å². The van der Waals surface area contributed by atoms with Crippen LogP contribution in [0.5, 0.6) is 17.2 Å². The van der Waals surface area contributed by atoms with Gasteiger partial charge in [-0.2, -0.15) is 0 Å². The van der Waals surface area contributed by atoms with Crippen LogP contribution in [0.3, 0.4) is 0 Å². The van der Waals surface area contributed by atoms with E-state index in [1.165, 1.54) is 34.8 Å². The molecular weight excluding hydrogens is 465 g/mol. The predicted molar refractivity (Wildman–Crippen MR) is 123 cm³/mol. The molecule has 1 amide bonds. The van der Waals surface area contributed by atoms with E-state index in [-0.39, 0.29) is 25.1 Å². The molecule has 4 aromatic rings. The van der Waals surface area contributed by atoms with E-state index in [2.05, 4.69) is 15.3 Å². The van der Waals surface area contributed by atoms with E-state index in [9.17, 15) is 9.18 Å². The lowest BCUT2D eigenvalue weighted by molar-refractivity contribution is 0.102. The lowest BCUT2D eigenvalue weighted by Crippen LogP contribution is -2.12. The second-order valence-corrected chi connectivity index (χ2v) is 9.24. The molecule has 0 bridgehead atoms. The molecule has 0 spiro atoms. The van der Waals surface area contributed by atoms with Crippen molar-refractivity contribution in [2.45, 2.75) is 20.0 Å². The predicted octanol–water partition coefficient (Wildman–Crippen LogP) is 5.20. The van der Waals surface area contributed by atoms with Crippen LogP contribution in [0, 0.1) is 12.7 Å². The minimum absolute atomic E-state index is 0.194.